The average molecular weight is 474 g/mol. The van der Waals surface area contributed by atoms with Crippen LogP contribution in [-0.2, 0) is 24.6 Å². The topological polar surface area (TPSA) is 0 Å². The molecule has 1 unspecified atom stereocenters. The second-order valence-corrected chi connectivity index (χ2v) is 19.8. The van der Waals surface area contributed by atoms with Crippen LogP contribution in [0, 0.1) is 0 Å². The predicted molar refractivity (Wildman–Crippen MR) is 49.6 cm³/mol. The summed E-state index contributed by atoms with van der Waals surface area (Å²) in [6, 6.07) is 8.63. The molecular weight excluding hydrogens is 469 g/mol. The third-order valence-corrected chi connectivity index (χ3v) is 12.7. The summed E-state index contributed by atoms with van der Waals surface area (Å²) in [5.74, 6) is 0. The van der Waals surface area contributed by atoms with E-state index >= 15 is 0 Å². The molecule has 0 aliphatic carbocycles. The average Bonchev–Trinajstić information content (AvgIpc) is 2.03. The summed E-state index contributed by atoms with van der Waals surface area (Å²) in [7, 11) is 0. The molecule has 0 saturated carbocycles. The Morgan fingerprint density at radius 2 is 1.64 bits per heavy atom. The van der Waals surface area contributed by atoms with Gasteiger partial charge in [-0.2, -0.15) is 0 Å². The van der Waals surface area contributed by atoms with Crippen molar-refractivity contribution in [1.82, 2.24) is 0 Å². The van der Waals surface area contributed by atoms with Crippen molar-refractivity contribution in [2.75, 3.05) is 0 Å². The van der Waals surface area contributed by atoms with Crippen LogP contribution >= 0.6 is 27.5 Å². The molecule has 0 fully saturated rings. The maximum absolute atomic E-state index is 12.4. The van der Waals surface area contributed by atoms with Crippen LogP contribution in [0.4, 0.5) is 13.2 Å². The van der Waals surface area contributed by atoms with Gasteiger partial charge >= 0.3 is 106 Å². The molecule has 6 heteroatoms. The van der Waals surface area contributed by atoms with Crippen molar-refractivity contribution in [2.45, 2.75) is 7.47 Å². The number of halogens is 5. The van der Waals surface area contributed by atoms with Gasteiger partial charge in [0.15, 0.2) is 0 Å². The summed E-state index contributed by atoms with van der Waals surface area (Å²) in [6.45, 7) is 0. The standard InChI is InChI=1S/C6H5.C2BrClF3.Hg/c1-2-4-6-5-3-1;3-1(4)2(5,6)7;/h1-5H;;. The normalized spacial score (nSPS) is 15.8. The van der Waals surface area contributed by atoms with E-state index in [0.717, 1.165) is 3.07 Å². The number of rotatable bonds is 2. The summed E-state index contributed by atoms with van der Waals surface area (Å²) >= 11 is 5.58. The van der Waals surface area contributed by atoms with Crippen LogP contribution in [0.3, 0.4) is 0 Å². The third-order valence-electron chi connectivity index (χ3n) is 1.68. The van der Waals surface area contributed by atoms with Crippen molar-refractivity contribution < 1.29 is 37.7 Å². The Balaban J connectivity index is 2.79. The molecule has 1 atom stereocenters. The molecule has 1 aromatic rings. The molecule has 0 amide bonds. The molecule has 0 aromatic heterocycles. The Morgan fingerprint density at radius 3 is 2.07 bits per heavy atom. The SMILES string of the molecule is FC(F)(F)[C](Cl)(Br)[Hg][c]1ccccc1. The second kappa shape index (κ2) is 4.70. The first-order valence-electron chi connectivity index (χ1n) is 3.81. The Bertz CT molecular complexity index is 299. The molecule has 1 rings (SSSR count). The fourth-order valence-corrected chi connectivity index (χ4v) is 9.89. The zero-order valence-electron chi connectivity index (χ0n) is 6.98. The van der Waals surface area contributed by atoms with Crippen molar-refractivity contribution >= 4 is 30.6 Å². The first kappa shape index (κ1) is 12.8. The monoisotopic (exact) mass is 474 g/mol. The van der Waals surface area contributed by atoms with E-state index < -0.39 is 32.0 Å². The summed E-state index contributed by atoms with van der Waals surface area (Å²) in [4.78, 5) is 0. The van der Waals surface area contributed by atoms with E-state index in [9.17, 15) is 13.2 Å². The molecular formula is C8H5BrClF3Hg. The number of hydrogen-bond donors (Lipinski definition) is 0. The van der Waals surface area contributed by atoms with Crippen LogP contribution in [0.15, 0.2) is 30.3 Å². The Kier molecular flexibility index (Phi) is 4.29. The molecule has 0 N–H and O–H groups in total. The maximum atomic E-state index is 12.4. The molecule has 14 heavy (non-hydrogen) atoms. The van der Waals surface area contributed by atoms with Crippen LogP contribution in [0.2, 0.25) is 0 Å². The van der Waals surface area contributed by atoms with Gasteiger partial charge in [0.25, 0.3) is 0 Å². The van der Waals surface area contributed by atoms with Crippen molar-refractivity contribution in [3.63, 3.8) is 0 Å². The van der Waals surface area contributed by atoms with E-state index in [-0.39, 0.29) is 0 Å². The van der Waals surface area contributed by atoms with E-state index in [2.05, 4.69) is 15.9 Å². The molecule has 0 heterocycles. The van der Waals surface area contributed by atoms with Crippen LogP contribution < -0.4 is 3.07 Å². The predicted octanol–water partition coefficient (Wildman–Crippen LogP) is 3.24. The number of alkyl halides is 5. The van der Waals surface area contributed by atoms with E-state index in [1.165, 1.54) is 0 Å². The molecule has 0 bridgehead atoms. The van der Waals surface area contributed by atoms with Gasteiger partial charge in [0.05, 0.1) is 0 Å². The van der Waals surface area contributed by atoms with Crippen LogP contribution in [-0.4, -0.2) is 7.47 Å². The van der Waals surface area contributed by atoms with Crippen LogP contribution in [0.1, 0.15) is 0 Å². The molecule has 74 valence electrons. The Morgan fingerprint density at radius 1 is 1.14 bits per heavy atom. The summed E-state index contributed by atoms with van der Waals surface area (Å²) < 4.78 is 35.8. The van der Waals surface area contributed by atoms with Gasteiger partial charge in [-0.05, 0) is 0 Å². The second-order valence-electron chi connectivity index (χ2n) is 2.86. The van der Waals surface area contributed by atoms with Gasteiger partial charge in [-0.25, -0.2) is 0 Å². The summed E-state index contributed by atoms with van der Waals surface area (Å²) in [6.07, 6.45) is -4.37. The molecule has 1 aromatic carbocycles. The van der Waals surface area contributed by atoms with Crippen molar-refractivity contribution in [2.24, 2.45) is 0 Å². The number of benzene rings is 1. The molecule has 0 saturated heterocycles. The van der Waals surface area contributed by atoms with E-state index in [1.807, 2.05) is 0 Å². The zero-order valence-corrected chi connectivity index (χ0v) is 14.8. The molecule has 0 radical (unpaired) electrons. The molecule has 0 aliphatic heterocycles. The zero-order chi connectivity index (χ0) is 10.8. The van der Waals surface area contributed by atoms with E-state index in [0.29, 0.717) is 0 Å². The summed E-state index contributed by atoms with van der Waals surface area (Å²) in [5, 5.41) is 0. The van der Waals surface area contributed by atoms with Gasteiger partial charge in [0.1, 0.15) is 0 Å². The van der Waals surface area contributed by atoms with Crippen molar-refractivity contribution in [1.29, 1.82) is 0 Å². The van der Waals surface area contributed by atoms with Gasteiger partial charge in [-0.15, -0.1) is 0 Å². The minimum absolute atomic E-state index is 0.761. The Labute approximate surface area is 105 Å². The van der Waals surface area contributed by atoms with Gasteiger partial charge in [0, 0.05) is 0 Å². The van der Waals surface area contributed by atoms with E-state index in [4.69, 9.17) is 11.6 Å². The van der Waals surface area contributed by atoms with Crippen LogP contribution in [0.25, 0.3) is 0 Å². The number of hydrogen-bond acceptors (Lipinski definition) is 0. The minimum atomic E-state index is -4.37. The van der Waals surface area contributed by atoms with Gasteiger partial charge in [-0.1, -0.05) is 0 Å². The van der Waals surface area contributed by atoms with Crippen molar-refractivity contribution in [3.8, 4) is 0 Å². The van der Waals surface area contributed by atoms with Gasteiger partial charge in [0.2, 0.25) is 0 Å². The molecule has 0 nitrogen and oxygen atoms in total. The van der Waals surface area contributed by atoms with Crippen molar-refractivity contribution in [3.05, 3.63) is 30.3 Å². The first-order chi connectivity index (χ1) is 6.33. The quantitative estimate of drug-likeness (QED) is 0.457. The first-order valence-corrected chi connectivity index (χ1v) is 10.5. The van der Waals surface area contributed by atoms with Crippen LogP contribution in [0.5, 0.6) is 0 Å². The Hall–Kier alpha value is 0.715. The molecule has 0 spiro atoms. The van der Waals surface area contributed by atoms with Gasteiger partial charge < -0.3 is 0 Å². The molecule has 0 aliphatic rings. The van der Waals surface area contributed by atoms with E-state index in [1.54, 1.807) is 30.3 Å². The fourth-order valence-electron chi connectivity index (χ4n) is 0.952. The van der Waals surface area contributed by atoms with Gasteiger partial charge in [-0.3, -0.25) is 0 Å². The summed E-state index contributed by atoms with van der Waals surface area (Å²) in [5.41, 5.74) is 0. The fraction of sp³-hybridized carbons (Fsp3) is 0.250. The third kappa shape index (κ3) is 3.38.